The second-order valence-corrected chi connectivity index (χ2v) is 4.57. The molecular weight excluding hydrogens is 224 g/mol. The van der Waals surface area contributed by atoms with Gasteiger partial charge in [0.2, 0.25) is 5.95 Å². The van der Waals surface area contributed by atoms with E-state index in [1.807, 2.05) is 0 Å². The van der Waals surface area contributed by atoms with E-state index in [4.69, 9.17) is 5.73 Å². The summed E-state index contributed by atoms with van der Waals surface area (Å²) in [6.07, 6.45) is 5.43. The lowest BCUT2D eigenvalue weighted by molar-refractivity contribution is 0.772. The van der Waals surface area contributed by atoms with Crippen molar-refractivity contribution >= 4 is 11.6 Å². The van der Waals surface area contributed by atoms with Gasteiger partial charge in [-0.25, -0.2) is 9.97 Å². The quantitative estimate of drug-likeness (QED) is 0.823. The molecule has 1 aromatic carbocycles. The van der Waals surface area contributed by atoms with Crippen molar-refractivity contribution in [1.82, 2.24) is 9.97 Å². The molecule has 0 amide bonds. The van der Waals surface area contributed by atoms with Gasteiger partial charge in [-0.2, -0.15) is 0 Å². The van der Waals surface area contributed by atoms with Gasteiger partial charge in [0.25, 0.3) is 0 Å². The molecule has 4 nitrogen and oxygen atoms in total. The van der Waals surface area contributed by atoms with Gasteiger partial charge in [0.1, 0.15) is 0 Å². The SMILES string of the molecule is Nc1cnc(N2CCc3ccccc3CC2)nc1. The van der Waals surface area contributed by atoms with Crippen LogP contribution < -0.4 is 10.6 Å². The van der Waals surface area contributed by atoms with Crippen LogP contribution in [0.2, 0.25) is 0 Å². The van der Waals surface area contributed by atoms with Gasteiger partial charge in [0.15, 0.2) is 0 Å². The molecule has 1 aromatic heterocycles. The maximum atomic E-state index is 5.61. The van der Waals surface area contributed by atoms with Crippen molar-refractivity contribution in [3.05, 3.63) is 47.8 Å². The number of nitrogen functional groups attached to an aromatic ring is 1. The number of anilines is 2. The van der Waals surface area contributed by atoms with E-state index in [0.717, 1.165) is 31.9 Å². The van der Waals surface area contributed by atoms with E-state index in [-0.39, 0.29) is 0 Å². The van der Waals surface area contributed by atoms with Crippen molar-refractivity contribution in [2.45, 2.75) is 12.8 Å². The minimum Gasteiger partial charge on any atom is -0.396 e. The van der Waals surface area contributed by atoms with Crippen LogP contribution in [0.1, 0.15) is 11.1 Å². The predicted octanol–water partition coefficient (Wildman–Crippen LogP) is 1.66. The maximum Gasteiger partial charge on any atom is 0.225 e. The van der Waals surface area contributed by atoms with Crippen molar-refractivity contribution in [3.63, 3.8) is 0 Å². The van der Waals surface area contributed by atoms with Crippen LogP contribution in [0.3, 0.4) is 0 Å². The van der Waals surface area contributed by atoms with Gasteiger partial charge in [0, 0.05) is 13.1 Å². The standard InChI is InChI=1S/C14H16N4/c15-13-9-16-14(17-10-13)18-7-5-11-3-1-2-4-12(11)6-8-18/h1-4,9-10H,5-8,15H2. The van der Waals surface area contributed by atoms with Gasteiger partial charge in [-0.1, -0.05) is 24.3 Å². The summed E-state index contributed by atoms with van der Waals surface area (Å²) in [7, 11) is 0. The van der Waals surface area contributed by atoms with E-state index < -0.39 is 0 Å². The molecule has 3 rings (SSSR count). The monoisotopic (exact) mass is 240 g/mol. The first-order chi connectivity index (χ1) is 8.83. The van der Waals surface area contributed by atoms with Gasteiger partial charge < -0.3 is 10.6 Å². The Morgan fingerprint density at radius 3 is 2.06 bits per heavy atom. The minimum atomic E-state index is 0.608. The smallest absolute Gasteiger partial charge is 0.225 e. The first-order valence-electron chi connectivity index (χ1n) is 6.22. The topological polar surface area (TPSA) is 55.0 Å². The van der Waals surface area contributed by atoms with Crippen LogP contribution in [0.15, 0.2) is 36.7 Å². The highest BCUT2D eigenvalue weighted by atomic mass is 15.2. The van der Waals surface area contributed by atoms with Crippen LogP contribution in [0.25, 0.3) is 0 Å². The second-order valence-electron chi connectivity index (χ2n) is 4.57. The third-order valence-corrected chi connectivity index (χ3v) is 3.36. The van der Waals surface area contributed by atoms with Crippen LogP contribution in [-0.2, 0) is 12.8 Å². The van der Waals surface area contributed by atoms with E-state index >= 15 is 0 Å². The number of nitrogens with zero attached hydrogens (tertiary/aromatic N) is 3. The molecule has 0 saturated heterocycles. The van der Waals surface area contributed by atoms with Crippen LogP contribution in [0.5, 0.6) is 0 Å². The molecular formula is C14H16N4. The number of hydrogen-bond acceptors (Lipinski definition) is 4. The average molecular weight is 240 g/mol. The fourth-order valence-electron chi connectivity index (χ4n) is 2.36. The Bertz CT molecular complexity index is 509. The highest BCUT2D eigenvalue weighted by molar-refractivity contribution is 5.40. The first kappa shape index (κ1) is 11.0. The van der Waals surface area contributed by atoms with Gasteiger partial charge in [-0.05, 0) is 24.0 Å². The Kier molecular flexibility index (Phi) is 2.84. The molecule has 2 N–H and O–H groups in total. The fraction of sp³-hybridized carbons (Fsp3) is 0.286. The Hall–Kier alpha value is -2.10. The lowest BCUT2D eigenvalue weighted by Crippen LogP contribution is -2.27. The molecule has 2 aromatic rings. The third kappa shape index (κ3) is 2.14. The summed E-state index contributed by atoms with van der Waals surface area (Å²) in [5.41, 5.74) is 9.10. The molecule has 4 heteroatoms. The van der Waals surface area contributed by atoms with Crippen LogP contribution in [0, 0.1) is 0 Å². The molecule has 1 aliphatic rings. The van der Waals surface area contributed by atoms with Gasteiger partial charge in [0.05, 0.1) is 18.1 Å². The zero-order valence-corrected chi connectivity index (χ0v) is 10.2. The van der Waals surface area contributed by atoms with Gasteiger partial charge >= 0.3 is 0 Å². The maximum absolute atomic E-state index is 5.61. The van der Waals surface area contributed by atoms with Crippen molar-refractivity contribution < 1.29 is 0 Å². The third-order valence-electron chi connectivity index (χ3n) is 3.36. The average Bonchev–Trinajstić information content (AvgIpc) is 2.62. The summed E-state index contributed by atoms with van der Waals surface area (Å²) in [4.78, 5) is 10.8. The zero-order valence-electron chi connectivity index (χ0n) is 10.2. The Morgan fingerprint density at radius 2 is 1.50 bits per heavy atom. The number of benzene rings is 1. The summed E-state index contributed by atoms with van der Waals surface area (Å²) in [5, 5.41) is 0. The molecule has 0 spiro atoms. The molecule has 92 valence electrons. The number of hydrogen-bond donors (Lipinski definition) is 1. The highest BCUT2D eigenvalue weighted by Gasteiger charge is 2.15. The van der Waals surface area contributed by atoms with E-state index in [2.05, 4.69) is 39.1 Å². The lowest BCUT2D eigenvalue weighted by Gasteiger charge is -2.19. The predicted molar refractivity (Wildman–Crippen MR) is 72.5 cm³/mol. The van der Waals surface area contributed by atoms with Crippen molar-refractivity contribution in [2.75, 3.05) is 23.7 Å². The highest BCUT2D eigenvalue weighted by Crippen LogP contribution is 2.18. The Balaban J connectivity index is 1.80. The molecule has 2 heterocycles. The molecule has 0 fully saturated rings. The minimum absolute atomic E-state index is 0.608. The Morgan fingerprint density at radius 1 is 0.944 bits per heavy atom. The zero-order chi connectivity index (χ0) is 12.4. The summed E-state index contributed by atoms with van der Waals surface area (Å²) in [6.45, 7) is 1.92. The largest absolute Gasteiger partial charge is 0.396 e. The summed E-state index contributed by atoms with van der Waals surface area (Å²) in [5.74, 6) is 0.775. The lowest BCUT2D eigenvalue weighted by atomic mass is 10.0. The Labute approximate surface area is 106 Å². The number of aromatic nitrogens is 2. The molecule has 0 bridgehead atoms. The van der Waals surface area contributed by atoms with E-state index in [9.17, 15) is 0 Å². The summed E-state index contributed by atoms with van der Waals surface area (Å²) in [6, 6.07) is 8.63. The molecule has 0 aliphatic carbocycles. The van der Waals surface area contributed by atoms with Crippen LogP contribution in [-0.4, -0.2) is 23.1 Å². The second kappa shape index (κ2) is 4.64. The number of nitrogens with two attached hydrogens (primary N) is 1. The normalized spacial score (nSPS) is 15.0. The fourth-order valence-corrected chi connectivity index (χ4v) is 2.36. The van der Waals surface area contributed by atoms with Gasteiger partial charge in [-0.3, -0.25) is 0 Å². The molecule has 18 heavy (non-hydrogen) atoms. The molecule has 0 unspecified atom stereocenters. The molecule has 0 atom stereocenters. The van der Waals surface area contributed by atoms with Crippen LogP contribution >= 0.6 is 0 Å². The van der Waals surface area contributed by atoms with E-state index in [1.54, 1.807) is 12.4 Å². The molecule has 1 aliphatic heterocycles. The molecule has 0 saturated carbocycles. The van der Waals surface area contributed by atoms with E-state index in [0.29, 0.717) is 5.69 Å². The summed E-state index contributed by atoms with van der Waals surface area (Å²) < 4.78 is 0. The van der Waals surface area contributed by atoms with Crippen molar-refractivity contribution in [3.8, 4) is 0 Å². The van der Waals surface area contributed by atoms with Crippen molar-refractivity contribution in [1.29, 1.82) is 0 Å². The van der Waals surface area contributed by atoms with Crippen molar-refractivity contribution in [2.24, 2.45) is 0 Å². The summed E-state index contributed by atoms with van der Waals surface area (Å²) >= 11 is 0. The van der Waals surface area contributed by atoms with E-state index in [1.165, 1.54) is 11.1 Å². The first-order valence-corrected chi connectivity index (χ1v) is 6.22. The van der Waals surface area contributed by atoms with Crippen LogP contribution in [0.4, 0.5) is 11.6 Å². The number of rotatable bonds is 1. The number of fused-ring (bicyclic) bond motifs is 1. The van der Waals surface area contributed by atoms with Gasteiger partial charge in [-0.15, -0.1) is 0 Å². The molecule has 0 radical (unpaired) electrons.